The molecular formula is C18H12F5N3O. The normalized spacial score (nSPS) is 11.2. The first-order valence-electron chi connectivity index (χ1n) is 7.62. The van der Waals surface area contributed by atoms with Gasteiger partial charge in [-0.15, -0.1) is 0 Å². The maximum absolute atomic E-state index is 14.7. The zero-order valence-corrected chi connectivity index (χ0v) is 13.8. The maximum Gasteiger partial charge on any atom is 0.282 e. The number of nitrogens with zero attached hydrogens (tertiary/aromatic N) is 2. The fraction of sp³-hybridized carbons (Fsp3) is 0.111. The molecule has 2 N–H and O–H groups in total. The van der Waals surface area contributed by atoms with Gasteiger partial charge in [0.1, 0.15) is 5.69 Å². The van der Waals surface area contributed by atoms with Gasteiger partial charge in [-0.1, -0.05) is 30.3 Å². The van der Waals surface area contributed by atoms with Gasteiger partial charge in [-0.2, -0.15) is 5.10 Å². The van der Waals surface area contributed by atoms with Gasteiger partial charge in [0.15, 0.2) is 17.5 Å². The van der Waals surface area contributed by atoms with E-state index in [1.807, 2.05) is 0 Å². The van der Waals surface area contributed by atoms with Crippen LogP contribution in [0.2, 0.25) is 0 Å². The van der Waals surface area contributed by atoms with E-state index in [0.29, 0.717) is 0 Å². The summed E-state index contributed by atoms with van der Waals surface area (Å²) < 4.78 is 69.9. The molecular weight excluding hydrogens is 369 g/mol. The third-order valence-electron chi connectivity index (χ3n) is 4.01. The molecule has 0 saturated heterocycles. The number of aryl methyl sites for hydroxylation is 1. The zero-order valence-electron chi connectivity index (χ0n) is 13.8. The Morgan fingerprint density at radius 2 is 1.74 bits per heavy atom. The van der Waals surface area contributed by atoms with E-state index in [-0.39, 0.29) is 11.1 Å². The molecule has 0 atom stereocenters. The Kier molecular flexibility index (Phi) is 4.69. The summed E-state index contributed by atoms with van der Waals surface area (Å²) in [5, 5.41) is 3.52. The van der Waals surface area contributed by atoms with Crippen LogP contribution in [0, 0.1) is 17.5 Å². The molecule has 3 aromatic rings. The Bertz CT molecular complexity index is 1030. The zero-order chi connectivity index (χ0) is 19.9. The monoisotopic (exact) mass is 381 g/mol. The minimum atomic E-state index is -3.18. The van der Waals surface area contributed by atoms with Crippen molar-refractivity contribution in [1.82, 2.24) is 9.78 Å². The summed E-state index contributed by atoms with van der Waals surface area (Å²) >= 11 is 0. The van der Waals surface area contributed by atoms with E-state index in [1.54, 1.807) is 18.2 Å². The molecule has 27 heavy (non-hydrogen) atoms. The topological polar surface area (TPSA) is 60.9 Å². The highest BCUT2D eigenvalue weighted by Crippen LogP contribution is 2.40. The van der Waals surface area contributed by atoms with Crippen LogP contribution in [0.3, 0.4) is 0 Å². The minimum Gasteiger partial charge on any atom is -0.365 e. The van der Waals surface area contributed by atoms with Gasteiger partial charge in [-0.05, 0) is 17.2 Å². The summed E-state index contributed by atoms with van der Waals surface area (Å²) in [6.45, 7) is 0. The highest BCUT2D eigenvalue weighted by Gasteiger charge is 2.32. The van der Waals surface area contributed by atoms with Gasteiger partial charge in [-0.3, -0.25) is 9.48 Å². The van der Waals surface area contributed by atoms with Crippen LogP contribution in [0.15, 0.2) is 36.4 Å². The predicted molar refractivity (Wildman–Crippen MR) is 87.4 cm³/mol. The molecule has 0 aliphatic rings. The smallest absolute Gasteiger partial charge is 0.282 e. The molecule has 3 rings (SSSR count). The average Bonchev–Trinajstić information content (AvgIpc) is 2.98. The number of hydrogen-bond acceptors (Lipinski definition) is 2. The predicted octanol–water partition coefficient (Wildman–Crippen LogP) is 4.21. The van der Waals surface area contributed by atoms with Crippen LogP contribution < -0.4 is 5.73 Å². The number of amides is 1. The molecule has 0 aliphatic carbocycles. The van der Waals surface area contributed by atoms with Crippen molar-refractivity contribution in [3.8, 4) is 22.4 Å². The summed E-state index contributed by atoms with van der Waals surface area (Å²) in [5.41, 5.74) is 2.56. The molecule has 0 unspecified atom stereocenters. The molecule has 1 aromatic heterocycles. The van der Waals surface area contributed by atoms with Gasteiger partial charge in [0.2, 0.25) is 0 Å². The van der Waals surface area contributed by atoms with Gasteiger partial charge in [0.25, 0.3) is 12.3 Å². The van der Waals surface area contributed by atoms with E-state index in [9.17, 15) is 26.7 Å². The van der Waals surface area contributed by atoms with E-state index in [4.69, 9.17) is 5.73 Å². The Morgan fingerprint density at radius 3 is 2.30 bits per heavy atom. The second kappa shape index (κ2) is 6.82. The number of primary amides is 1. The molecule has 0 radical (unpaired) electrons. The van der Waals surface area contributed by atoms with Crippen LogP contribution in [-0.4, -0.2) is 15.7 Å². The summed E-state index contributed by atoms with van der Waals surface area (Å²) in [6.07, 6.45) is -3.18. The lowest BCUT2D eigenvalue weighted by Gasteiger charge is -2.14. The molecule has 0 fully saturated rings. The lowest BCUT2D eigenvalue weighted by atomic mass is 9.94. The number of carbonyl (C=O) groups excluding carboxylic acids is 1. The lowest BCUT2D eigenvalue weighted by molar-refractivity contribution is 0.0985. The fourth-order valence-electron chi connectivity index (χ4n) is 2.90. The molecule has 0 spiro atoms. The number of halogens is 5. The van der Waals surface area contributed by atoms with E-state index in [1.165, 1.54) is 19.2 Å². The third-order valence-corrected chi connectivity index (χ3v) is 4.01. The Balaban J connectivity index is 2.46. The first-order chi connectivity index (χ1) is 12.7. The Morgan fingerprint density at radius 1 is 1.11 bits per heavy atom. The number of benzene rings is 2. The quantitative estimate of drug-likeness (QED) is 0.544. The molecule has 9 heteroatoms. The van der Waals surface area contributed by atoms with Gasteiger partial charge >= 0.3 is 0 Å². The van der Waals surface area contributed by atoms with Crippen molar-refractivity contribution in [1.29, 1.82) is 0 Å². The molecule has 4 nitrogen and oxygen atoms in total. The lowest BCUT2D eigenvalue weighted by Crippen LogP contribution is -2.15. The van der Waals surface area contributed by atoms with Crippen LogP contribution in [0.5, 0.6) is 0 Å². The third kappa shape index (κ3) is 3.05. The molecule has 0 aliphatic heterocycles. The second-order valence-electron chi connectivity index (χ2n) is 5.67. The van der Waals surface area contributed by atoms with Crippen LogP contribution in [0.25, 0.3) is 22.4 Å². The molecule has 140 valence electrons. The van der Waals surface area contributed by atoms with Crippen LogP contribution in [0.1, 0.15) is 22.5 Å². The highest BCUT2D eigenvalue weighted by molar-refractivity contribution is 6.02. The standard InChI is InChI=1S/C18H12F5N3O/c1-26-16(12(18(24)27)15(25-26)17(22)23)11-9(8-5-3-2-4-6-8)7-10(19)13(20)14(11)21/h2-7,17H,1H3,(H2,24,27). The van der Waals surface area contributed by atoms with E-state index >= 15 is 0 Å². The van der Waals surface area contributed by atoms with Crippen molar-refractivity contribution >= 4 is 5.91 Å². The number of hydrogen-bond donors (Lipinski definition) is 1. The molecule has 1 amide bonds. The Labute approximate surface area is 150 Å². The van der Waals surface area contributed by atoms with Gasteiger partial charge in [0, 0.05) is 12.6 Å². The fourth-order valence-corrected chi connectivity index (χ4v) is 2.90. The highest BCUT2D eigenvalue weighted by atomic mass is 19.3. The van der Waals surface area contributed by atoms with Crippen molar-refractivity contribution in [3.63, 3.8) is 0 Å². The minimum absolute atomic E-state index is 0.140. The van der Waals surface area contributed by atoms with E-state index in [2.05, 4.69) is 5.10 Å². The summed E-state index contributed by atoms with van der Waals surface area (Å²) in [6, 6.07) is 8.49. The summed E-state index contributed by atoms with van der Waals surface area (Å²) in [7, 11) is 1.17. The van der Waals surface area contributed by atoms with Crippen LogP contribution >= 0.6 is 0 Å². The molecule has 2 aromatic carbocycles. The summed E-state index contributed by atoms with van der Waals surface area (Å²) in [5.74, 6) is -6.21. The van der Waals surface area contributed by atoms with Crippen molar-refractivity contribution in [3.05, 3.63) is 65.1 Å². The first-order valence-corrected chi connectivity index (χ1v) is 7.62. The van der Waals surface area contributed by atoms with Gasteiger partial charge in [0.05, 0.1) is 11.3 Å². The molecule has 0 saturated carbocycles. The number of carbonyl (C=O) groups is 1. The first kappa shape index (κ1) is 18.6. The Hall–Kier alpha value is -3.23. The van der Waals surface area contributed by atoms with E-state index < -0.39 is 52.3 Å². The number of nitrogens with two attached hydrogens (primary N) is 1. The number of rotatable bonds is 4. The molecule has 1 heterocycles. The van der Waals surface area contributed by atoms with Crippen molar-refractivity contribution < 1.29 is 26.7 Å². The summed E-state index contributed by atoms with van der Waals surface area (Å²) in [4.78, 5) is 11.8. The largest absolute Gasteiger partial charge is 0.365 e. The van der Waals surface area contributed by atoms with Crippen molar-refractivity contribution in [2.45, 2.75) is 6.43 Å². The maximum atomic E-state index is 14.7. The average molecular weight is 381 g/mol. The van der Waals surface area contributed by atoms with Gasteiger partial charge in [-0.25, -0.2) is 22.0 Å². The number of alkyl halides is 2. The van der Waals surface area contributed by atoms with Crippen molar-refractivity contribution in [2.24, 2.45) is 12.8 Å². The van der Waals surface area contributed by atoms with Gasteiger partial charge < -0.3 is 5.73 Å². The SMILES string of the molecule is Cn1nc(C(F)F)c(C(N)=O)c1-c1c(-c2ccccc2)cc(F)c(F)c1F. The number of aromatic nitrogens is 2. The van der Waals surface area contributed by atoms with Crippen molar-refractivity contribution in [2.75, 3.05) is 0 Å². The molecule has 0 bridgehead atoms. The van der Waals surface area contributed by atoms with E-state index in [0.717, 1.165) is 10.7 Å². The second-order valence-corrected chi connectivity index (χ2v) is 5.67. The van der Waals surface area contributed by atoms with Crippen LogP contribution in [0.4, 0.5) is 22.0 Å². The van der Waals surface area contributed by atoms with Crippen LogP contribution in [-0.2, 0) is 7.05 Å².